The highest BCUT2D eigenvalue weighted by Crippen LogP contribution is 2.28. The smallest absolute Gasteiger partial charge is 0.257 e. The highest BCUT2D eigenvalue weighted by molar-refractivity contribution is 6.09. The number of benzene rings is 1. The first-order valence-corrected chi connectivity index (χ1v) is 8.26. The first-order chi connectivity index (χ1) is 12.3. The molecule has 0 aliphatic rings. The number of nitrogens with one attached hydrogen (secondary N) is 2. The highest BCUT2D eigenvalue weighted by Gasteiger charge is 2.21. The van der Waals surface area contributed by atoms with E-state index in [-0.39, 0.29) is 11.7 Å². The van der Waals surface area contributed by atoms with E-state index in [0.29, 0.717) is 28.2 Å². The molecule has 0 saturated carbocycles. The van der Waals surface area contributed by atoms with Crippen LogP contribution in [0.25, 0.3) is 11.4 Å². The normalized spacial score (nSPS) is 10.8. The largest absolute Gasteiger partial charge is 0.355 e. The van der Waals surface area contributed by atoms with E-state index in [9.17, 15) is 9.59 Å². The molecule has 0 bridgehead atoms. The molecule has 2 aromatic heterocycles. The van der Waals surface area contributed by atoms with Gasteiger partial charge in [-0.15, -0.1) is 10.2 Å². The summed E-state index contributed by atoms with van der Waals surface area (Å²) >= 11 is 0. The number of amides is 1. The molecule has 7 heteroatoms. The molecule has 0 radical (unpaired) electrons. The fraction of sp³-hybridized carbons (Fsp3) is 0.263. The molecule has 0 unspecified atom stereocenters. The van der Waals surface area contributed by atoms with Crippen LogP contribution in [-0.4, -0.2) is 31.4 Å². The molecular weight excluding hydrogens is 330 g/mol. The Morgan fingerprint density at radius 2 is 1.88 bits per heavy atom. The Balaban J connectivity index is 1.97. The van der Waals surface area contributed by atoms with E-state index in [1.807, 2.05) is 36.7 Å². The van der Waals surface area contributed by atoms with E-state index in [1.165, 1.54) is 6.92 Å². The second kappa shape index (κ2) is 6.59. The van der Waals surface area contributed by atoms with Crippen molar-refractivity contribution < 1.29 is 9.59 Å². The molecule has 1 aromatic carbocycles. The Kier molecular flexibility index (Phi) is 4.46. The van der Waals surface area contributed by atoms with Gasteiger partial charge in [0.1, 0.15) is 6.33 Å². The summed E-state index contributed by atoms with van der Waals surface area (Å²) in [6, 6.07) is 5.65. The van der Waals surface area contributed by atoms with E-state index in [2.05, 4.69) is 20.5 Å². The van der Waals surface area contributed by atoms with E-state index in [4.69, 9.17) is 0 Å². The number of Topliss-reactive ketones (excluding diaryl/α,β-unsaturated/α-hetero) is 1. The summed E-state index contributed by atoms with van der Waals surface area (Å²) in [6.45, 7) is 6.97. The van der Waals surface area contributed by atoms with E-state index in [1.54, 1.807) is 20.2 Å². The van der Waals surface area contributed by atoms with Crippen LogP contribution >= 0.6 is 0 Å². The van der Waals surface area contributed by atoms with Gasteiger partial charge in [0.25, 0.3) is 5.91 Å². The standard InChI is InChI=1S/C19H21N5O2/c1-10-14(18-23-20-9-24(18)5)7-6-8-15(10)22-19(26)16-11(2)17(13(4)25)21-12(16)3/h6-9,21H,1-5H3,(H,22,26). The summed E-state index contributed by atoms with van der Waals surface area (Å²) in [4.78, 5) is 27.5. The minimum absolute atomic E-state index is 0.0925. The molecule has 0 atom stereocenters. The zero-order chi connectivity index (χ0) is 19.0. The third-order valence-electron chi connectivity index (χ3n) is 4.55. The first kappa shape index (κ1) is 17.6. The van der Waals surface area contributed by atoms with Crippen LogP contribution in [0.2, 0.25) is 0 Å². The van der Waals surface area contributed by atoms with Crippen molar-refractivity contribution in [3.05, 3.63) is 52.6 Å². The van der Waals surface area contributed by atoms with Crippen LogP contribution in [0.15, 0.2) is 24.5 Å². The summed E-state index contributed by atoms with van der Waals surface area (Å²) in [5, 5.41) is 11.0. The second-order valence-corrected chi connectivity index (χ2v) is 6.38. The van der Waals surface area contributed by atoms with Gasteiger partial charge >= 0.3 is 0 Å². The minimum atomic E-state index is -0.248. The lowest BCUT2D eigenvalue weighted by Gasteiger charge is -2.12. The van der Waals surface area contributed by atoms with Gasteiger partial charge in [0, 0.05) is 30.9 Å². The Bertz CT molecular complexity index is 1010. The van der Waals surface area contributed by atoms with Gasteiger partial charge in [0.2, 0.25) is 0 Å². The molecule has 134 valence electrons. The Labute approximate surface area is 151 Å². The summed E-state index contributed by atoms with van der Waals surface area (Å²) in [5.41, 5.74) is 4.79. The van der Waals surface area contributed by atoms with Crippen LogP contribution in [-0.2, 0) is 7.05 Å². The lowest BCUT2D eigenvalue weighted by Crippen LogP contribution is -2.15. The second-order valence-electron chi connectivity index (χ2n) is 6.38. The van der Waals surface area contributed by atoms with Gasteiger partial charge in [0.05, 0.1) is 11.3 Å². The molecule has 0 fully saturated rings. The number of anilines is 1. The maximum absolute atomic E-state index is 12.8. The molecule has 0 aliphatic carbocycles. The van der Waals surface area contributed by atoms with Gasteiger partial charge in [-0.1, -0.05) is 12.1 Å². The third kappa shape index (κ3) is 2.92. The molecule has 1 amide bonds. The number of hydrogen-bond acceptors (Lipinski definition) is 4. The molecule has 7 nitrogen and oxygen atoms in total. The number of rotatable bonds is 4. The number of carbonyl (C=O) groups is 2. The van der Waals surface area contributed by atoms with Crippen molar-refractivity contribution in [2.75, 3.05) is 5.32 Å². The Morgan fingerprint density at radius 1 is 1.15 bits per heavy atom. The lowest BCUT2D eigenvalue weighted by atomic mass is 10.0. The maximum atomic E-state index is 12.8. The molecule has 26 heavy (non-hydrogen) atoms. The quantitative estimate of drug-likeness (QED) is 0.706. The number of aromatic amines is 1. The van der Waals surface area contributed by atoms with E-state index < -0.39 is 0 Å². The highest BCUT2D eigenvalue weighted by atomic mass is 16.1. The fourth-order valence-electron chi connectivity index (χ4n) is 3.17. The molecule has 2 heterocycles. The van der Waals surface area contributed by atoms with Crippen LogP contribution in [0.1, 0.15) is 44.6 Å². The number of H-pyrrole nitrogens is 1. The van der Waals surface area contributed by atoms with Crippen molar-refractivity contribution in [3.63, 3.8) is 0 Å². The first-order valence-electron chi connectivity index (χ1n) is 8.26. The molecular formula is C19H21N5O2. The van der Waals surface area contributed by atoms with Crippen molar-refractivity contribution in [2.24, 2.45) is 7.05 Å². The van der Waals surface area contributed by atoms with Crippen LogP contribution in [0.5, 0.6) is 0 Å². The maximum Gasteiger partial charge on any atom is 0.257 e. The van der Waals surface area contributed by atoms with Gasteiger partial charge in [-0.3, -0.25) is 9.59 Å². The molecule has 3 aromatic rings. The molecule has 3 rings (SSSR count). The molecule has 0 aliphatic heterocycles. The summed E-state index contributed by atoms with van der Waals surface area (Å²) in [6.07, 6.45) is 1.63. The van der Waals surface area contributed by atoms with Crippen LogP contribution in [0.3, 0.4) is 0 Å². The lowest BCUT2D eigenvalue weighted by molar-refractivity contribution is 0.101. The number of carbonyl (C=O) groups excluding carboxylic acids is 2. The monoisotopic (exact) mass is 351 g/mol. The average Bonchev–Trinajstić information content (AvgIpc) is 3.12. The van der Waals surface area contributed by atoms with Gasteiger partial charge < -0.3 is 14.9 Å². The van der Waals surface area contributed by atoms with Crippen molar-refractivity contribution in [3.8, 4) is 11.4 Å². The molecule has 2 N–H and O–H groups in total. The van der Waals surface area contributed by atoms with E-state index in [0.717, 1.165) is 17.0 Å². The van der Waals surface area contributed by atoms with Gasteiger partial charge in [-0.2, -0.15) is 0 Å². The van der Waals surface area contributed by atoms with Crippen LogP contribution < -0.4 is 5.32 Å². The number of hydrogen-bond donors (Lipinski definition) is 2. The molecule has 0 saturated heterocycles. The SMILES string of the molecule is CC(=O)c1[nH]c(C)c(C(=O)Nc2cccc(-c3nncn3C)c2C)c1C. The zero-order valence-electron chi connectivity index (χ0n) is 15.5. The average molecular weight is 351 g/mol. The Morgan fingerprint density at radius 3 is 2.46 bits per heavy atom. The zero-order valence-corrected chi connectivity index (χ0v) is 15.5. The number of nitrogens with zero attached hydrogens (tertiary/aromatic N) is 3. The topological polar surface area (TPSA) is 92.7 Å². The van der Waals surface area contributed by atoms with Crippen molar-refractivity contribution in [1.82, 2.24) is 19.7 Å². The van der Waals surface area contributed by atoms with Gasteiger partial charge in [0.15, 0.2) is 11.6 Å². The third-order valence-corrected chi connectivity index (χ3v) is 4.55. The predicted molar refractivity (Wildman–Crippen MR) is 99.4 cm³/mol. The van der Waals surface area contributed by atoms with Crippen molar-refractivity contribution >= 4 is 17.4 Å². The minimum Gasteiger partial charge on any atom is -0.355 e. The van der Waals surface area contributed by atoms with E-state index >= 15 is 0 Å². The van der Waals surface area contributed by atoms with Crippen molar-refractivity contribution in [2.45, 2.75) is 27.7 Å². The number of aryl methyl sites for hydroxylation is 2. The number of ketones is 1. The summed E-state index contributed by atoms with van der Waals surface area (Å²) in [7, 11) is 1.87. The summed E-state index contributed by atoms with van der Waals surface area (Å²) in [5.74, 6) is 0.388. The summed E-state index contributed by atoms with van der Waals surface area (Å²) < 4.78 is 1.83. The van der Waals surface area contributed by atoms with Gasteiger partial charge in [-0.25, -0.2) is 0 Å². The predicted octanol–water partition coefficient (Wildman–Crippen LogP) is 3.19. The van der Waals surface area contributed by atoms with Crippen molar-refractivity contribution in [1.29, 1.82) is 0 Å². The molecule has 0 spiro atoms. The number of aromatic nitrogens is 4. The Hall–Kier alpha value is -3.22. The fourth-order valence-corrected chi connectivity index (χ4v) is 3.17. The van der Waals surface area contributed by atoms with Crippen LogP contribution in [0, 0.1) is 20.8 Å². The van der Waals surface area contributed by atoms with Crippen LogP contribution in [0.4, 0.5) is 5.69 Å². The van der Waals surface area contributed by atoms with Gasteiger partial charge in [-0.05, 0) is 38.0 Å².